The zero-order chi connectivity index (χ0) is 16.0. The van der Waals surface area contributed by atoms with Crippen LogP contribution in [-0.2, 0) is 0 Å². The summed E-state index contributed by atoms with van der Waals surface area (Å²) in [6.07, 6.45) is 20.5. The molecule has 0 bridgehead atoms. The topological polar surface area (TPSA) is 52.0 Å². The zero-order valence-corrected chi connectivity index (χ0v) is 15.2. The number of hydrogen-bond acceptors (Lipinski definition) is 2. The highest BCUT2D eigenvalue weighted by atomic mass is 14.5. The van der Waals surface area contributed by atoms with E-state index >= 15 is 0 Å². The van der Waals surface area contributed by atoms with Crippen molar-refractivity contribution in [1.82, 2.24) is 0 Å². The van der Waals surface area contributed by atoms with Crippen LogP contribution in [0.25, 0.3) is 0 Å². The molecule has 130 valence electrons. The molecule has 0 heterocycles. The van der Waals surface area contributed by atoms with Crippen LogP contribution in [0.2, 0.25) is 0 Å². The van der Waals surface area contributed by atoms with Crippen LogP contribution >= 0.6 is 0 Å². The minimum absolute atomic E-state index is 0.865. The van der Waals surface area contributed by atoms with E-state index in [2.05, 4.69) is 13.8 Å². The second-order valence-electron chi connectivity index (χ2n) is 6.17. The lowest BCUT2D eigenvalue weighted by molar-refractivity contribution is 0.558. The SMILES string of the molecule is CCCCCCCCCCCCN.CCCCCCCN. The number of nitrogens with two attached hydrogens (primary N) is 2. The Hall–Kier alpha value is -0.0800. The average Bonchev–Trinajstić information content (AvgIpc) is 2.51. The van der Waals surface area contributed by atoms with E-state index < -0.39 is 0 Å². The van der Waals surface area contributed by atoms with Gasteiger partial charge in [0.25, 0.3) is 0 Å². The van der Waals surface area contributed by atoms with Crippen LogP contribution in [0.3, 0.4) is 0 Å². The standard InChI is InChI=1S/C12H27N.C7H17N/c1-2-3-4-5-6-7-8-9-10-11-12-13;1-2-3-4-5-6-7-8/h2-13H2,1H3;2-8H2,1H3. The Kier molecular flexibility index (Phi) is 27.5. The van der Waals surface area contributed by atoms with Gasteiger partial charge in [-0.1, -0.05) is 97.3 Å². The summed E-state index contributed by atoms with van der Waals surface area (Å²) in [5.41, 5.74) is 10.7. The summed E-state index contributed by atoms with van der Waals surface area (Å²) in [7, 11) is 0. The summed E-state index contributed by atoms with van der Waals surface area (Å²) >= 11 is 0. The first kappa shape index (κ1) is 23.2. The van der Waals surface area contributed by atoms with E-state index in [-0.39, 0.29) is 0 Å². The van der Waals surface area contributed by atoms with E-state index in [1.807, 2.05) is 0 Å². The second kappa shape index (κ2) is 24.9. The third-order valence-electron chi connectivity index (χ3n) is 3.87. The molecule has 0 fully saturated rings. The third-order valence-corrected chi connectivity index (χ3v) is 3.87. The van der Waals surface area contributed by atoms with Crippen molar-refractivity contribution in [1.29, 1.82) is 0 Å². The first-order valence-corrected chi connectivity index (χ1v) is 9.73. The average molecular weight is 301 g/mol. The molecule has 0 aliphatic heterocycles. The van der Waals surface area contributed by atoms with Crippen molar-refractivity contribution in [3.8, 4) is 0 Å². The first-order chi connectivity index (χ1) is 10.3. The van der Waals surface area contributed by atoms with E-state index in [1.54, 1.807) is 0 Å². The molecule has 0 atom stereocenters. The van der Waals surface area contributed by atoms with E-state index in [0.717, 1.165) is 13.1 Å². The van der Waals surface area contributed by atoms with Crippen LogP contribution in [0, 0.1) is 0 Å². The quantitative estimate of drug-likeness (QED) is 0.376. The van der Waals surface area contributed by atoms with Gasteiger partial charge in [0.15, 0.2) is 0 Å². The van der Waals surface area contributed by atoms with Gasteiger partial charge in [-0.25, -0.2) is 0 Å². The molecule has 0 aromatic heterocycles. The van der Waals surface area contributed by atoms with Gasteiger partial charge in [-0.3, -0.25) is 0 Å². The molecule has 0 aliphatic rings. The van der Waals surface area contributed by atoms with Gasteiger partial charge in [0.2, 0.25) is 0 Å². The Balaban J connectivity index is 0. The normalized spacial score (nSPS) is 10.3. The summed E-state index contributed by atoms with van der Waals surface area (Å²) in [5.74, 6) is 0. The monoisotopic (exact) mass is 300 g/mol. The van der Waals surface area contributed by atoms with Crippen LogP contribution in [0.15, 0.2) is 0 Å². The second-order valence-corrected chi connectivity index (χ2v) is 6.17. The largest absolute Gasteiger partial charge is 0.330 e. The van der Waals surface area contributed by atoms with Crippen LogP contribution in [0.5, 0.6) is 0 Å². The predicted octanol–water partition coefficient (Wildman–Crippen LogP) is 5.78. The third kappa shape index (κ3) is 28.7. The van der Waals surface area contributed by atoms with Gasteiger partial charge in [0, 0.05) is 0 Å². The molecule has 0 amide bonds. The van der Waals surface area contributed by atoms with Crippen molar-refractivity contribution in [2.24, 2.45) is 11.5 Å². The van der Waals surface area contributed by atoms with Crippen molar-refractivity contribution in [3.05, 3.63) is 0 Å². The molecule has 0 aromatic rings. The molecular formula is C19H44N2. The Morgan fingerprint density at radius 3 is 0.857 bits per heavy atom. The molecule has 0 aromatic carbocycles. The van der Waals surface area contributed by atoms with E-state index in [9.17, 15) is 0 Å². The number of rotatable bonds is 15. The minimum Gasteiger partial charge on any atom is -0.330 e. The van der Waals surface area contributed by atoms with Gasteiger partial charge in [-0.15, -0.1) is 0 Å². The van der Waals surface area contributed by atoms with Crippen LogP contribution in [0.4, 0.5) is 0 Å². The smallest absolute Gasteiger partial charge is 0.00773 e. The zero-order valence-electron chi connectivity index (χ0n) is 15.2. The summed E-state index contributed by atoms with van der Waals surface area (Å²) in [4.78, 5) is 0. The van der Waals surface area contributed by atoms with E-state index in [4.69, 9.17) is 11.5 Å². The fraction of sp³-hybridized carbons (Fsp3) is 1.00. The summed E-state index contributed by atoms with van der Waals surface area (Å²) in [6.45, 7) is 6.23. The highest BCUT2D eigenvalue weighted by Crippen LogP contribution is 2.09. The molecule has 2 nitrogen and oxygen atoms in total. The van der Waals surface area contributed by atoms with Gasteiger partial charge >= 0.3 is 0 Å². The molecule has 0 rings (SSSR count). The van der Waals surface area contributed by atoms with E-state index in [1.165, 1.54) is 96.3 Å². The molecule has 0 saturated carbocycles. The molecule has 0 aliphatic carbocycles. The van der Waals surface area contributed by atoms with Crippen molar-refractivity contribution in [3.63, 3.8) is 0 Å². The van der Waals surface area contributed by atoms with Gasteiger partial charge in [0.1, 0.15) is 0 Å². The molecule has 21 heavy (non-hydrogen) atoms. The lowest BCUT2D eigenvalue weighted by Gasteiger charge is -2.00. The first-order valence-electron chi connectivity index (χ1n) is 9.73. The molecular weight excluding hydrogens is 256 g/mol. The molecule has 0 spiro atoms. The maximum absolute atomic E-state index is 5.42. The van der Waals surface area contributed by atoms with Crippen molar-refractivity contribution in [2.45, 2.75) is 110 Å². The van der Waals surface area contributed by atoms with E-state index in [0.29, 0.717) is 0 Å². The summed E-state index contributed by atoms with van der Waals surface area (Å²) < 4.78 is 0. The fourth-order valence-electron chi connectivity index (χ4n) is 2.38. The summed E-state index contributed by atoms with van der Waals surface area (Å²) in [6, 6.07) is 0. The van der Waals surface area contributed by atoms with Gasteiger partial charge in [0.05, 0.1) is 0 Å². The van der Waals surface area contributed by atoms with Crippen molar-refractivity contribution < 1.29 is 0 Å². The molecule has 0 radical (unpaired) electrons. The highest BCUT2D eigenvalue weighted by molar-refractivity contribution is 4.47. The van der Waals surface area contributed by atoms with Crippen LogP contribution in [-0.4, -0.2) is 13.1 Å². The molecule has 0 unspecified atom stereocenters. The molecule has 0 saturated heterocycles. The maximum atomic E-state index is 5.42. The Morgan fingerprint density at radius 2 is 0.619 bits per heavy atom. The Morgan fingerprint density at radius 1 is 0.381 bits per heavy atom. The fourth-order valence-corrected chi connectivity index (χ4v) is 2.38. The minimum atomic E-state index is 0.865. The Labute approximate surface area is 135 Å². The molecule has 4 N–H and O–H groups in total. The predicted molar refractivity (Wildman–Crippen MR) is 98.7 cm³/mol. The Bertz CT molecular complexity index is 133. The number of unbranched alkanes of at least 4 members (excludes halogenated alkanes) is 13. The molecule has 2 heteroatoms. The lowest BCUT2D eigenvalue weighted by atomic mass is 10.1. The highest BCUT2D eigenvalue weighted by Gasteiger charge is 1.91. The van der Waals surface area contributed by atoms with Gasteiger partial charge in [-0.2, -0.15) is 0 Å². The van der Waals surface area contributed by atoms with Crippen LogP contribution < -0.4 is 11.5 Å². The van der Waals surface area contributed by atoms with Gasteiger partial charge < -0.3 is 11.5 Å². The van der Waals surface area contributed by atoms with Crippen LogP contribution in [0.1, 0.15) is 110 Å². The van der Waals surface area contributed by atoms with Crippen molar-refractivity contribution in [2.75, 3.05) is 13.1 Å². The maximum Gasteiger partial charge on any atom is -0.00773 e. The number of hydrogen-bond donors (Lipinski definition) is 2. The lowest BCUT2D eigenvalue weighted by Crippen LogP contribution is -1.97. The van der Waals surface area contributed by atoms with Crippen molar-refractivity contribution >= 4 is 0 Å². The summed E-state index contributed by atoms with van der Waals surface area (Å²) in [5, 5.41) is 0. The van der Waals surface area contributed by atoms with Gasteiger partial charge in [-0.05, 0) is 25.9 Å².